The van der Waals surface area contributed by atoms with Crippen molar-refractivity contribution >= 4 is 0 Å². The third-order valence-corrected chi connectivity index (χ3v) is 3.99. The van der Waals surface area contributed by atoms with Gasteiger partial charge in [-0.05, 0) is 35.2 Å². The number of benzene rings is 2. The second-order valence-corrected chi connectivity index (χ2v) is 5.16. The maximum absolute atomic E-state index is 5.99. The van der Waals surface area contributed by atoms with Crippen LogP contribution in [0.1, 0.15) is 28.8 Å². The standard InChI is InChI=1S/C17H20N2O2/c1-20-14-8-6-13(7-9-14)16(19-18)17-15-5-3-2-4-12(15)10-11-21-17/h2-9,16-17,19H,10-11,18H2,1H3. The van der Waals surface area contributed by atoms with Crippen LogP contribution in [0.5, 0.6) is 5.75 Å². The largest absolute Gasteiger partial charge is 0.497 e. The van der Waals surface area contributed by atoms with Gasteiger partial charge in [0.05, 0.1) is 19.8 Å². The van der Waals surface area contributed by atoms with E-state index in [-0.39, 0.29) is 12.1 Å². The summed E-state index contributed by atoms with van der Waals surface area (Å²) in [7, 11) is 1.66. The van der Waals surface area contributed by atoms with Gasteiger partial charge in [-0.2, -0.15) is 0 Å². The van der Waals surface area contributed by atoms with Crippen LogP contribution in [-0.4, -0.2) is 13.7 Å². The van der Waals surface area contributed by atoms with Crippen molar-refractivity contribution in [2.75, 3.05) is 13.7 Å². The highest BCUT2D eigenvalue weighted by atomic mass is 16.5. The van der Waals surface area contributed by atoms with Gasteiger partial charge in [-0.15, -0.1) is 0 Å². The van der Waals surface area contributed by atoms with Crippen LogP contribution in [0, 0.1) is 0 Å². The Morgan fingerprint density at radius 3 is 2.67 bits per heavy atom. The number of rotatable bonds is 4. The number of ether oxygens (including phenoxy) is 2. The van der Waals surface area contributed by atoms with Crippen molar-refractivity contribution in [3.05, 3.63) is 65.2 Å². The summed E-state index contributed by atoms with van der Waals surface area (Å²) in [6.07, 6.45) is 0.875. The summed E-state index contributed by atoms with van der Waals surface area (Å²) in [6.45, 7) is 0.718. The topological polar surface area (TPSA) is 56.5 Å². The maximum atomic E-state index is 5.99. The van der Waals surface area contributed by atoms with Gasteiger partial charge < -0.3 is 9.47 Å². The van der Waals surface area contributed by atoms with E-state index in [1.54, 1.807) is 7.11 Å². The Morgan fingerprint density at radius 2 is 1.95 bits per heavy atom. The van der Waals surface area contributed by atoms with E-state index in [9.17, 15) is 0 Å². The molecule has 2 aromatic rings. The number of hydrazine groups is 1. The molecule has 110 valence electrons. The Bertz CT molecular complexity index is 598. The summed E-state index contributed by atoms with van der Waals surface area (Å²) in [5, 5.41) is 0. The lowest BCUT2D eigenvalue weighted by atomic mass is 9.90. The zero-order chi connectivity index (χ0) is 14.7. The van der Waals surface area contributed by atoms with E-state index in [1.165, 1.54) is 11.1 Å². The molecule has 0 aromatic heterocycles. The summed E-state index contributed by atoms with van der Waals surface area (Å²) in [5.41, 5.74) is 6.53. The molecule has 1 aliphatic rings. The molecule has 0 fully saturated rings. The van der Waals surface area contributed by atoms with Crippen LogP contribution in [0.3, 0.4) is 0 Å². The number of hydrogen-bond acceptors (Lipinski definition) is 4. The average Bonchev–Trinajstić information content (AvgIpc) is 2.56. The van der Waals surface area contributed by atoms with Crippen LogP contribution >= 0.6 is 0 Å². The van der Waals surface area contributed by atoms with Crippen molar-refractivity contribution in [2.45, 2.75) is 18.6 Å². The lowest BCUT2D eigenvalue weighted by Gasteiger charge is -2.32. The number of methoxy groups -OCH3 is 1. The van der Waals surface area contributed by atoms with Crippen molar-refractivity contribution in [3.8, 4) is 5.75 Å². The number of hydrogen-bond donors (Lipinski definition) is 2. The lowest BCUT2D eigenvalue weighted by molar-refractivity contribution is 0.0147. The zero-order valence-electron chi connectivity index (χ0n) is 12.1. The smallest absolute Gasteiger partial charge is 0.118 e. The Morgan fingerprint density at radius 1 is 1.19 bits per heavy atom. The first-order valence-electron chi connectivity index (χ1n) is 7.13. The molecular formula is C17H20N2O2. The predicted octanol–water partition coefficient (Wildman–Crippen LogP) is 2.51. The van der Waals surface area contributed by atoms with Gasteiger partial charge >= 0.3 is 0 Å². The third-order valence-electron chi connectivity index (χ3n) is 3.99. The quantitative estimate of drug-likeness (QED) is 0.669. The molecule has 0 bridgehead atoms. The van der Waals surface area contributed by atoms with Crippen LogP contribution in [0.2, 0.25) is 0 Å². The fourth-order valence-corrected chi connectivity index (χ4v) is 2.87. The van der Waals surface area contributed by atoms with Crippen molar-refractivity contribution < 1.29 is 9.47 Å². The normalized spacial score (nSPS) is 18.9. The third kappa shape index (κ3) is 2.78. The molecular weight excluding hydrogens is 264 g/mol. The summed E-state index contributed by atoms with van der Waals surface area (Å²) < 4.78 is 11.2. The summed E-state index contributed by atoms with van der Waals surface area (Å²) >= 11 is 0. The first-order valence-corrected chi connectivity index (χ1v) is 7.13. The van der Waals surface area contributed by atoms with Crippen LogP contribution in [0.25, 0.3) is 0 Å². The van der Waals surface area contributed by atoms with Crippen LogP contribution in [0.15, 0.2) is 48.5 Å². The molecule has 0 spiro atoms. The maximum Gasteiger partial charge on any atom is 0.118 e. The summed E-state index contributed by atoms with van der Waals surface area (Å²) in [6, 6.07) is 16.2. The highest BCUT2D eigenvalue weighted by molar-refractivity contribution is 5.36. The molecule has 3 N–H and O–H groups in total. The van der Waals surface area contributed by atoms with Gasteiger partial charge in [0.2, 0.25) is 0 Å². The molecule has 4 nitrogen and oxygen atoms in total. The highest BCUT2D eigenvalue weighted by Gasteiger charge is 2.29. The van der Waals surface area contributed by atoms with Crippen molar-refractivity contribution in [3.63, 3.8) is 0 Å². The van der Waals surface area contributed by atoms with E-state index in [1.807, 2.05) is 30.3 Å². The first kappa shape index (κ1) is 14.1. The number of fused-ring (bicyclic) bond motifs is 1. The van der Waals surface area contributed by atoms with Crippen molar-refractivity contribution in [2.24, 2.45) is 5.84 Å². The molecule has 4 heteroatoms. The highest BCUT2D eigenvalue weighted by Crippen LogP contribution is 2.36. The first-order chi connectivity index (χ1) is 10.3. The van der Waals surface area contributed by atoms with E-state index in [0.29, 0.717) is 0 Å². The number of nitrogens with one attached hydrogen (secondary N) is 1. The molecule has 3 rings (SSSR count). The second kappa shape index (κ2) is 6.26. The fraction of sp³-hybridized carbons (Fsp3) is 0.294. The Hall–Kier alpha value is -1.88. The monoisotopic (exact) mass is 284 g/mol. The minimum Gasteiger partial charge on any atom is -0.497 e. The second-order valence-electron chi connectivity index (χ2n) is 5.16. The van der Waals surface area contributed by atoms with Gasteiger partial charge in [0, 0.05) is 0 Å². The molecule has 0 saturated heterocycles. The van der Waals surface area contributed by atoms with Crippen molar-refractivity contribution in [1.29, 1.82) is 0 Å². The van der Waals surface area contributed by atoms with Gasteiger partial charge in [-0.3, -0.25) is 11.3 Å². The fourth-order valence-electron chi connectivity index (χ4n) is 2.87. The predicted molar refractivity (Wildman–Crippen MR) is 81.9 cm³/mol. The van der Waals surface area contributed by atoms with E-state index in [4.69, 9.17) is 15.3 Å². The lowest BCUT2D eigenvalue weighted by Crippen LogP contribution is -2.35. The molecule has 0 aliphatic carbocycles. The van der Waals surface area contributed by atoms with E-state index < -0.39 is 0 Å². The van der Waals surface area contributed by atoms with Gasteiger partial charge in [-0.1, -0.05) is 36.4 Å². The SMILES string of the molecule is COc1ccc(C(NN)C2OCCc3ccccc32)cc1. The van der Waals surface area contributed by atoms with Crippen LogP contribution in [0.4, 0.5) is 0 Å². The molecule has 21 heavy (non-hydrogen) atoms. The molecule has 1 aliphatic heterocycles. The molecule has 2 atom stereocenters. The molecule has 2 aromatic carbocycles. The number of nitrogens with two attached hydrogens (primary N) is 1. The average molecular weight is 284 g/mol. The van der Waals surface area contributed by atoms with Gasteiger partial charge in [0.25, 0.3) is 0 Å². The van der Waals surface area contributed by atoms with Gasteiger partial charge in [-0.25, -0.2) is 0 Å². The van der Waals surface area contributed by atoms with Gasteiger partial charge in [0.15, 0.2) is 0 Å². The molecule has 0 amide bonds. The Labute approximate surface area is 124 Å². The minimum atomic E-state index is -0.0858. The molecule has 0 radical (unpaired) electrons. The Kier molecular flexibility index (Phi) is 4.20. The van der Waals surface area contributed by atoms with Gasteiger partial charge in [0.1, 0.15) is 11.9 Å². The van der Waals surface area contributed by atoms with E-state index in [0.717, 1.165) is 24.3 Å². The minimum absolute atomic E-state index is 0.0756. The van der Waals surface area contributed by atoms with Crippen LogP contribution < -0.4 is 16.0 Å². The molecule has 1 heterocycles. The Balaban J connectivity index is 1.93. The van der Waals surface area contributed by atoms with Crippen LogP contribution in [-0.2, 0) is 11.2 Å². The summed E-state index contributed by atoms with van der Waals surface area (Å²) in [5.74, 6) is 6.63. The zero-order valence-corrected chi connectivity index (χ0v) is 12.1. The van der Waals surface area contributed by atoms with E-state index in [2.05, 4.69) is 23.6 Å². The molecule has 2 unspecified atom stereocenters. The van der Waals surface area contributed by atoms with Crippen molar-refractivity contribution in [1.82, 2.24) is 5.43 Å². The summed E-state index contributed by atoms with van der Waals surface area (Å²) in [4.78, 5) is 0. The van der Waals surface area contributed by atoms with E-state index >= 15 is 0 Å². The molecule has 0 saturated carbocycles.